The minimum Gasteiger partial charge on any atom is -0.494 e. The van der Waals surface area contributed by atoms with Crippen molar-refractivity contribution in [1.29, 1.82) is 0 Å². The van der Waals surface area contributed by atoms with Crippen molar-refractivity contribution in [3.8, 4) is 17.4 Å². The van der Waals surface area contributed by atoms with E-state index in [1.165, 1.54) is 36.4 Å². The van der Waals surface area contributed by atoms with E-state index in [4.69, 9.17) is 9.47 Å². The van der Waals surface area contributed by atoms with Crippen LogP contribution in [0.3, 0.4) is 0 Å². The highest BCUT2D eigenvalue weighted by Gasteiger charge is 2.11. The fourth-order valence-electron chi connectivity index (χ4n) is 1.80. The van der Waals surface area contributed by atoms with Crippen LogP contribution in [0.15, 0.2) is 42.9 Å². The lowest BCUT2D eigenvalue weighted by Crippen LogP contribution is -2.08. The highest BCUT2D eigenvalue weighted by Crippen LogP contribution is 2.15. The third kappa shape index (κ3) is 2.85. The second-order valence-corrected chi connectivity index (χ2v) is 4.28. The van der Waals surface area contributed by atoms with Crippen molar-refractivity contribution in [2.24, 2.45) is 0 Å². The Morgan fingerprint density at radius 2 is 1.91 bits per heavy atom. The summed E-state index contributed by atoms with van der Waals surface area (Å²) < 4.78 is 25.6. The first-order valence-corrected chi connectivity index (χ1v) is 6.41. The summed E-state index contributed by atoms with van der Waals surface area (Å²) in [6, 6.07) is 6.47. The molecular weight excluding hydrogens is 289 g/mol. The van der Waals surface area contributed by atoms with E-state index in [9.17, 15) is 4.39 Å². The molecule has 0 N–H and O–H groups in total. The van der Waals surface area contributed by atoms with Crippen LogP contribution in [-0.2, 0) is 6.61 Å². The quantitative estimate of drug-likeness (QED) is 0.715. The van der Waals surface area contributed by atoms with Gasteiger partial charge in [-0.05, 0) is 12.1 Å². The van der Waals surface area contributed by atoms with Gasteiger partial charge in [0.25, 0.3) is 0 Å². The zero-order valence-corrected chi connectivity index (χ0v) is 11.7. The predicted molar refractivity (Wildman–Crippen MR) is 74.2 cm³/mol. The van der Waals surface area contributed by atoms with Crippen LogP contribution in [0.2, 0.25) is 0 Å². The zero-order chi connectivity index (χ0) is 15.4. The molecule has 8 heteroatoms. The van der Waals surface area contributed by atoms with Crippen LogP contribution in [0, 0.1) is 5.82 Å². The molecule has 112 valence electrons. The van der Waals surface area contributed by atoms with Crippen molar-refractivity contribution < 1.29 is 13.9 Å². The largest absolute Gasteiger partial charge is 0.494 e. The Hall–Kier alpha value is -3.03. The molecule has 0 aliphatic carbocycles. The minimum absolute atomic E-state index is 0.105. The Labute approximate surface area is 125 Å². The van der Waals surface area contributed by atoms with Gasteiger partial charge in [-0.15, -0.1) is 5.10 Å². The van der Waals surface area contributed by atoms with Crippen LogP contribution in [0.4, 0.5) is 4.39 Å². The van der Waals surface area contributed by atoms with E-state index in [0.717, 1.165) is 0 Å². The molecule has 0 unspecified atom stereocenters. The average molecular weight is 301 g/mol. The standard InChI is InChI=1S/C14H12FN5O2/c1-21-11-7-16-14(17-8-11)22-9-10-6-18-19-20(10)13-5-3-2-4-12(13)15/h2-8H,9H2,1H3. The molecule has 3 rings (SSSR count). The average Bonchev–Trinajstić information content (AvgIpc) is 3.02. The fourth-order valence-corrected chi connectivity index (χ4v) is 1.80. The van der Waals surface area contributed by atoms with Gasteiger partial charge in [0.15, 0.2) is 5.75 Å². The molecule has 1 aromatic carbocycles. The molecule has 22 heavy (non-hydrogen) atoms. The number of hydrogen-bond acceptors (Lipinski definition) is 6. The van der Waals surface area contributed by atoms with Gasteiger partial charge in [-0.3, -0.25) is 0 Å². The highest BCUT2D eigenvalue weighted by molar-refractivity contribution is 5.33. The first kappa shape index (κ1) is 13.9. The number of para-hydroxylation sites is 1. The second-order valence-electron chi connectivity index (χ2n) is 4.28. The van der Waals surface area contributed by atoms with Crippen molar-refractivity contribution in [1.82, 2.24) is 25.0 Å². The van der Waals surface area contributed by atoms with E-state index in [2.05, 4.69) is 20.3 Å². The summed E-state index contributed by atoms with van der Waals surface area (Å²) in [7, 11) is 1.53. The summed E-state index contributed by atoms with van der Waals surface area (Å²) in [5.74, 6) is 0.139. The Balaban J connectivity index is 1.76. The molecule has 0 aliphatic rings. The van der Waals surface area contributed by atoms with Gasteiger partial charge in [0.05, 0.1) is 25.7 Å². The number of ether oxygens (including phenoxy) is 2. The van der Waals surface area contributed by atoms with Crippen LogP contribution in [0.25, 0.3) is 5.69 Å². The van der Waals surface area contributed by atoms with Crippen molar-refractivity contribution in [2.75, 3.05) is 7.11 Å². The Morgan fingerprint density at radius 3 is 2.64 bits per heavy atom. The SMILES string of the molecule is COc1cnc(OCc2cnnn2-c2ccccc2F)nc1. The van der Waals surface area contributed by atoms with Gasteiger partial charge in [0.1, 0.15) is 23.8 Å². The molecule has 0 aliphatic heterocycles. The lowest BCUT2D eigenvalue weighted by Gasteiger charge is -2.08. The van der Waals surface area contributed by atoms with Gasteiger partial charge in [-0.1, -0.05) is 17.3 Å². The smallest absolute Gasteiger partial charge is 0.316 e. The van der Waals surface area contributed by atoms with Crippen LogP contribution in [0.5, 0.6) is 11.8 Å². The first-order valence-electron chi connectivity index (χ1n) is 6.41. The highest BCUT2D eigenvalue weighted by atomic mass is 19.1. The number of aromatic nitrogens is 5. The van der Waals surface area contributed by atoms with Crippen LogP contribution < -0.4 is 9.47 Å². The number of nitrogens with zero attached hydrogens (tertiary/aromatic N) is 5. The van der Waals surface area contributed by atoms with E-state index in [1.807, 2.05) is 0 Å². The van der Waals surface area contributed by atoms with E-state index < -0.39 is 5.82 Å². The molecule has 0 bridgehead atoms. The lowest BCUT2D eigenvalue weighted by molar-refractivity contribution is 0.271. The monoisotopic (exact) mass is 301 g/mol. The Kier molecular flexibility index (Phi) is 3.90. The zero-order valence-electron chi connectivity index (χ0n) is 11.7. The lowest BCUT2D eigenvalue weighted by atomic mass is 10.3. The number of methoxy groups -OCH3 is 1. The molecule has 7 nitrogen and oxygen atoms in total. The summed E-state index contributed by atoms with van der Waals surface area (Å²) in [5.41, 5.74) is 0.874. The number of hydrogen-bond donors (Lipinski definition) is 0. The topological polar surface area (TPSA) is 75.0 Å². The molecular formula is C14H12FN5O2. The van der Waals surface area contributed by atoms with Crippen molar-refractivity contribution >= 4 is 0 Å². The molecule has 0 fully saturated rings. The fraction of sp³-hybridized carbons (Fsp3) is 0.143. The molecule has 0 saturated heterocycles. The molecule has 0 amide bonds. The van der Waals surface area contributed by atoms with Gasteiger partial charge >= 0.3 is 6.01 Å². The van der Waals surface area contributed by atoms with Gasteiger partial charge in [-0.25, -0.2) is 9.07 Å². The maximum Gasteiger partial charge on any atom is 0.316 e. The normalized spacial score (nSPS) is 10.5. The summed E-state index contributed by atoms with van der Waals surface area (Å²) in [6.45, 7) is 0.105. The van der Waals surface area contributed by atoms with Crippen LogP contribution in [-0.4, -0.2) is 32.1 Å². The molecule has 0 atom stereocenters. The molecule has 0 saturated carbocycles. The predicted octanol–water partition coefficient (Wildman–Crippen LogP) is 1.78. The van der Waals surface area contributed by atoms with Gasteiger partial charge in [-0.2, -0.15) is 9.97 Å². The van der Waals surface area contributed by atoms with Crippen molar-refractivity contribution in [2.45, 2.75) is 6.61 Å². The van der Waals surface area contributed by atoms with Gasteiger partial charge in [0.2, 0.25) is 0 Å². The number of rotatable bonds is 5. The Morgan fingerprint density at radius 1 is 1.14 bits per heavy atom. The van der Waals surface area contributed by atoms with E-state index >= 15 is 0 Å². The van der Waals surface area contributed by atoms with Crippen LogP contribution >= 0.6 is 0 Å². The number of halogens is 1. The summed E-state index contributed by atoms with van der Waals surface area (Å²) >= 11 is 0. The van der Waals surface area contributed by atoms with E-state index in [1.54, 1.807) is 18.2 Å². The molecule has 3 aromatic rings. The summed E-state index contributed by atoms with van der Waals surface area (Å²) in [4.78, 5) is 7.97. The Bertz CT molecular complexity index is 760. The van der Waals surface area contributed by atoms with Crippen molar-refractivity contribution in [3.05, 3.63) is 54.4 Å². The maximum atomic E-state index is 13.8. The summed E-state index contributed by atoms with van der Waals surface area (Å²) in [6.07, 6.45) is 4.49. The molecule has 2 aromatic heterocycles. The van der Waals surface area contributed by atoms with Gasteiger partial charge in [0, 0.05) is 0 Å². The second kappa shape index (κ2) is 6.17. The summed E-state index contributed by atoms with van der Waals surface area (Å²) in [5, 5.41) is 7.66. The minimum atomic E-state index is -0.394. The molecule has 0 spiro atoms. The first-order chi connectivity index (χ1) is 10.8. The number of benzene rings is 1. The van der Waals surface area contributed by atoms with Crippen LogP contribution in [0.1, 0.15) is 5.69 Å². The third-order valence-corrected chi connectivity index (χ3v) is 2.89. The maximum absolute atomic E-state index is 13.8. The van der Waals surface area contributed by atoms with Gasteiger partial charge < -0.3 is 9.47 Å². The van der Waals surface area contributed by atoms with E-state index in [-0.39, 0.29) is 12.6 Å². The molecule has 2 heterocycles. The van der Waals surface area contributed by atoms with Crippen molar-refractivity contribution in [3.63, 3.8) is 0 Å². The molecule has 0 radical (unpaired) electrons. The van der Waals surface area contributed by atoms with E-state index in [0.29, 0.717) is 17.1 Å². The third-order valence-electron chi connectivity index (χ3n) is 2.89.